The zero-order chi connectivity index (χ0) is 23.1. The molecule has 2 fully saturated rings. The molecule has 0 aromatic heterocycles. The summed E-state index contributed by atoms with van der Waals surface area (Å²) in [4.78, 5) is 26.7. The number of sulfonamides is 1. The molecule has 13 heteroatoms. The van der Waals surface area contributed by atoms with Gasteiger partial charge in [-0.05, 0) is 12.1 Å². The number of likely N-dealkylation sites (tertiary alicyclic amines) is 1. The van der Waals surface area contributed by atoms with Gasteiger partial charge < -0.3 is 19.3 Å². The number of amides is 2. The Morgan fingerprint density at radius 2 is 1.72 bits per heavy atom. The van der Waals surface area contributed by atoms with Gasteiger partial charge in [-0.25, -0.2) is 8.42 Å². The standard InChI is InChI=1S/C19H22F3N3O6S/c20-19(21,22)12-24-11-13(9-17(24)26)18(27)23-3-5-25(6-4-23)32(28,29)14-1-2-15-16(10-14)31-8-7-30-15/h1-2,10,13H,3-9,11-12H2. The maximum absolute atomic E-state index is 13.0. The Morgan fingerprint density at radius 1 is 1.06 bits per heavy atom. The van der Waals surface area contributed by atoms with E-state index in [1.807, 2.05) is 0 Å². The van der Waals surface area contributed by atoms with E-state index >= 15 is 0 Å². The third kappa shape index (κ3) is 4.63. The topological polar surface area (TPSA) is 96.5 Å². The first-order valence-electron chi connectivity index (χ1n) is 10.1. The number of hydrogen-bond donors (Lipinski definition) is 0. The van der Waals surface area contributed by atoms with Crippen LogP contribution in [0.5, 0.6) is 11.5 Å². The fraction of sp³-hybridized carbons (Fsp3) is 0.579. The Kier molecular flexibility index (Phi) is 5.96. The van der Waals surface area contributed by atoms with Crippen LogP contribution in [0.1, 0.15) is 6.42 Å². The third-order valence-corrected chi connectivity index (χ3v) is 7.53. The number of piperazine rings is 1. The molecule has 0 N–H and O–H groups in total. The quantitative estimate of drug-likeness (QED) is 0.634. The van der Waals surface area contributed by atoms with Crippen LogP contribution in [0, 0.1) is 5.92 Å². The zero-order valence-corrected chi connectivity index (χ0v) is 17.8. The predicted molar refractivity (Wildman–Crippen MR) is 104 cm³/mol. The molecule has 1 atom stereocenters. The minimum atomic E-state index is -4.53. The van der Waals surface area contributed by atoms with E-state index in [0.29, 0.717) is 29.6 Å². The van der Waals surface area contributed by atoms with E-state index in [2.05, 4.69) is 0 Å². The Bertz CT molecular complexity index is 1010. The van der Waals surface area contributed by atoms with E-state index in [1.54, 1.807) is 0 Å². The van der Waals surface area contributed by atoms with E-state index in [0.717, 1.165) is 0 Å². The van der Waals surface area contributed by atoms with Crippen LogP contribution in [0.2, 0.25) is 0 Å². The number of fused-ring (bicyclic) bond motifs is 1. The average molecular weight is 477 g/mol. The lowest BCUT2D eigenvalue weighted by Crippen LogP contribution is -2.52. The molecule has 176 valence electrons. The highest BCUT2D eigenvalue weighted by atomic mass is 32.2. The van der Waals surface area contributed by atoms with Gasteiger partial charge in [-0.1, -0.05) is 0 Å². The number of ether oxygens (including phenoxy) is 2. The highest BCUT2D eigenvalue weighted by Gasteiger charge is 2.42. The zero-order valence-electron chi connectivity index (χ0n) is 17.0. The molecule has 1 aromatic rings. The molecule has 3 heterocycles. The molecule has 4 rings (SSSR count). The van der Waals surface area contributed by atoms with Gasteiger partial charge in [0.2, 0.25) is 21.8 Å². The molecule has 9 nitrogen and oxygen atoms in total. The molecular weight excluding hydrogens is 455 g/mol. The summed E-state index contributed by atoms with van der Waals surface area (Å²) in [5.41, 5.74) is 0. The SMILES string of the molecule is O=C1CC(C(=O)N2CCN(S(=O)(=O)c3ccc4c(c3)OCCO4)CC2)CN1CC(F)(F)F. The van der Waals surface area contributed by atoms with E-state index in [9.17, 15) is 31.2 Å². The van der Waals surface area contributed by atoms with Crippen LogP contribution in [0.25, 0.3) is 0 Å². The van der Waals surface area contributed by atoms with Gasteiger partial charge in [-0.15, -0.1) is 0 Å². The molecule has 1 unspecified atom stereocenters. The van der Waals surface area contributed by atoms with Gasteiger partial charge in [-0.3, -0.25) is 9.59 Å². The van der Waals surface area contributed by atoms with Crippen molar-refractivity contribution in [3.63, 3.8) is 0 Å². The molecule has 0 spiro atoms. The van der Waals surface area contributed by atoms with Crippen molar-refractivity contribution in [3.8, 4) is 11.5 Å². The van der Waals surface area contributed by atoms with Crippen molar-refractivity contribution in [2.24, 2.45) is 5.92 Å². The van der Waals surface area contributed by atoms with Gasteiger partial charge >= 0.3 is 6.18 Å². The normalized spacial score (nSPS) is 22.3. The van der Waals surface area contributed by atoms with Crippen LogP contribution in [0.4, 0.5) is 13.2 Å². The maximum Gasteiger partial charge on any atom is 0.406 e. The summed E-state index contributed by atoms with van der Waals surface area (Å²) in [6.45, 7) is -0.703. The number of carbonyl (C=O) groups excluding carboxylic acids is 2. The molecule has 1 aromatic carbocycles. The lowest BCUT2D eigenvalue weighted by atomic mass is 10.1. The van der Waals surface area contributed by atoms with Crippen LogP contribution in [-0.2, 0) is 19.6 Å². The van der Waals surface area contributed by atoms with Crippen LogP contribution < -0.4 is 9.47 Å². The monoisotopic (exact) mass is 477 g/mol. The van der Waals surface area contributed by atoms with Gasteiger partial charge in [0.15, 0.2) is 11.5 Å². The molecule has 3 aliphatic heterocycles. The third-order valence-electron chi connectivity index (χ3n) is 5.64. The van der Waals surface area contributed by atoms with Crippen LogP contribution in [-0.4, -0.2) is 93.0 Å². The van der Waals surface area contributed by atoms with Crippen LogP contribution in [0.3, 0.4) is 0 Å². The first-order chi connectivity index (χ1) is 15.0. The Labute approximate surface area is 182 Å². The molecule has 0 aliphatic carbocycles. The largest absolute Gasteiger partial charge is 0.486 e. The van der Waals surface area contributed by atoms with Crippen molar-refractivity contribution in [2.75, 3.05) is 52.5 Å². The van der Waals surface area contributed by atoms with E-state index in [-0.39, 0.29) is 44.0 Å². The lowest BCUT2D eigenvalue weighted by Gasteiger charge is -2.35. The molecule has 0 saturated carbocycles. The minimum Gasteiger partial charge on any atom is -0.486 e. The number of nitrogens with zero attached hydrogens (tertiary/aromatic N) is 3. The molecule has 0 radical (unpaired) electrons. The number of hydrogen-bond acceptors (Lipinski definition) is 6. The molecule has 2 amide bonds. The molecule has 3 aliphatic rings. The summed E-state index contributed by atoms with van der Waals surface area (Å²) in [6.07, 6.45) is -4.80. The Morgan fingerprint density at radius 3 is 2.38 bits per heavy atom. The predicted octanol–water partition coefficient (Wildman–Crippen LogP) is 0.702. The van der Waals surface area contributed by atoms with Crippen molar-refractivity contribution in [1.82, 2.24) is 14.1 Å². The number of halogens is 3. The van der Waals surface area contributed by atoms with E-state index < -0.39 is 40.5 Å². The highest BCUT2D eigenvalue weighted by molar-refractivity contribution is 7.89. The summed E-state index contributed by atoms with van der Waals surface area (Å²) in [6, 6.07) is 4.37. The smallest absolute Gasteiger partial charge is 0.406 e. The molecular formula is C19H22F3N3O6S. The molecule has 0 bridgehead atoms. The summed E-state index contributed by atoms with van der Waals surface area (Å²) in [7, 11) is -3.83. The van der Waals surface area contributed by atoms with Crippen molar-refractivity contribution in [1.29, 1.82) is 0 Å². The van der Waals surface area contributed by atoms with E-state index in [1.165, 1.54) is 27.4 Å². The first kappa shape index (κ1) is 22.6. The summed E-state index contributed by atoms with van der Waals surface area (Å²) in [5.74, 6) is -1.18. The second-order valence-electron chi connectivity index (χ2n) is 7.83. The van der Waals surface area contributed by atoms with Gasteiger partial charge in [0.05, 0.1) is 10.8 Å². The summed E-state index contributed by atoms with van der Waals surface area (Å²) in [5, 5.41) is 0. The average Bonchev–Trinajstić information content (AvgIpc) is 3.11. The van der Waals surface area contributed by atoms with Crippen molar-refractivity contribution in [3.05, 3.63) is 18.2 Å². The van der Waals surface area contributed by atoms with Crippen molar-refractivity contribution < 1.29 is 40.7 Å². The minimum absolute atomic E-state index is 0.0371. The second-order valence-corrected chi connectivity index (χ2v) is 9.76. The summed E-state index contributed by atoms with van der Waals surface area (Å²) >= 11 is 0. The number of rotatable bonds is 4. The Hall–Kier alpha value is -2.54. The van der Waals surface area contributed by atoms with Crippen molar-refractivity contribution >= 4 is 21.8 Å². The molecule has 32 heavy (non-hydrogen) atoms. The fourth-order valence-electron chi connectivity index (χ4n) is 4.05. The number of benzene rings is 1. The van der Waals surface area contributed by atoms with Crippen molar-refractivity contribution in [2.45, 2.75) is 17.5 Å². The van der Waals surface area contributed by atoms with Gasteiger partial charge in [-0.2, -0.15) is 17.5 Å². The van der Waals surface area contributed by atoms with Crippen LogP contribution >= 0.6 is 0 Å². The highest BCUT2D eigenvalue weighted by Crippen LogP contribution is 2.33. The maximum atomic E-state index is 13.0. The van der Waals surface area contributed by atoms with Gasteiger partial charge in [0.25, 0.3) is 0 Å². The first-order valence-corrected chi connectivity index (χ1v) is 11.5. The fourth-order valence-corrected chi connectivity index (χ4v) is 5.49. The Balaban J connectivity index is 1.37. The lowest BCUT2D eigenvalue weighted by molar-refractivity contribution is -0.157. The second kappa shape index (κ2) is 8.43. The molecule has 2 saturated heterocycles. The van der Waals surface area contributed by atoms with Gasteiger partial charge in [0, 0.05) is 45.2 Å². The van der Waals surface area contributed by atoms with Gasteiger partial charge in [0.1, 0.15) is 19.8 Å². The van der Waals surface area contributed by atoms with Crippen LogP contribution in [0.15, 0.2) is 23.1 Å². The number of alkyl halides is 3. The summed E-state index contributed by atoms with van der Waals surface area (Å²) < 4.78 is 75.8. The van der Waals surface area contributed by atoms with E-state index in [4.69, 9.17) is 9.47 Å². The number of carbonyl (C=O) groups is 2.